The fraction of sp³-hybridized carbons (Fsp3) is 0.650. The standard InChI is InChI=1S/C20H29FN2O2/c21-18-9-4-8-17(12-18)13-22-15-20(25)10-5-11-23(19(20)24)14-16-6-2-1-3-7-16/h4,8-9,12,16,22,25H,1-3,5-7,10-11,13-15H2/t20-/m1/s1. The van der Waals surface area contributed by atoms with E-state index < -0.39 is 5.60 Å². The van der Waals surface area contributed by atoms with Crippen LogP contribution in [0.4, 0.5) is 4.39 Å². The molecule has 1 aromatic carbocycles. The predicted molar refractivity (Wildman–Crippen MR) is 95.4 cm³/mol. The molecular weight excluding hydrogens is 319 g/mol. The van der Waals surface area contributed by atoms with Crippen molar-refractivity contribution in [3.63, 3.8) is 0 Å². The van der Waals surface area contributed by atoms with Gasteiger partial charge in [-0.05, 0) is 49.3 Å². The summed E-state index contributed by atoms with van der Waals surface area (Å²) < 4.78 is 13.2. The summed E-state index contributed by atoms with van der Waals surface area (Å²) >= 11 is 0. The average molecular weight is 348 g/mol. The summed E-state index contributed by atoms with van der Waals surface area (Å²) in [5.74, 6) is 0.168. The number of benzene rings is 1. The second-order valence-corrected chi connectivity index (χ2v) is 7.62. The van der Waals surface area contributed by atoms with Crippen LogP contribution in [0.1, 0.15) is 50.5 Å². The molecule has 1 amide bonds. The van der Waals surface area contributed by atoms with Gasteiger partial charge in [-0.25, -0.2) is 4.39 Å². The van der Waals surface area contributed by atoms with Crippen LogP contribution in [0, 0.1) is 11.7 Å². The van der Waals surface area contributed by atoms with Gasteiger partial charge in [0.1, 0.15) is 5.82 Å². The molecule has 0 unspecified atom stereocenters. The van der Waals surface area contributed by atoms with Gasteiger partial charge in [-0.15, -0.1) is 0 Å². The van der Waals surface area contributed by atoms with Crippen molar-refractivity contribution in [1.29, 1.82) is 0 Å². The maximum absolute atomic E-state index is 13.2. The second kappa shape index (κ2) is 8.28. The lowest BCUT2D eigenvalue weighted by atomic mass is 9.86. The maximum atomic E-state index is 13.2. The quantitative estimate of drug-likeness (QED) is 0.831. The first kappa shape index (κ1) is 18.3. The SMILES string of the molecule is O=C1N(CC2CCCCC2)CCC[C@@]1(O)CNCc1cccc(F)c1. The van der Waals surface area contributed by atoms with Gasteiger partial charge in [-0.2, -0.15) is 0 Å². The molecule has 0 bridgehead atoms. The fourth-order valence-electron chi connectivity index (χ4n) is 4.15. The molecule has 0 spiro atoms. The van der Waals surface area contributed by atoms with Crippen LogP contribution in [-0.4, -0.2) is 41.1 Å². The van der Waals surface area contributed by atoms with Gasteiger partial charge < -0.3 is 15.3 Å². The van der Waals surface area contributed by atoms with E-state index in [0.29, 0.717) is 18.9 Å². The topological polar surface area (TPSA) is 52.6 Å². The third kappa shape index (κ3) is 4.79. The summed E-state index contributed by atoms with van der Waals surface area (Å²) in [5.41, 5.74) is -0.522. The fourth-order valence-corrected chi connectivity index (χ4v) is 4.15. The number of carbonyl (C=O) groups excluding carboxylic acids is 1. The van der Waals surface area contributed by atoms with E-state index in [1.165, 1.54) is 44.2 Å². The third-order valence-electron chi connectivity index (χ3n) is 5.54. The van der Waals surface area contributed by atoms with E-state index in [0.717, 1.165) is 25.1 Å². The van der Waals surface area contributed by atoms with E-state index in [9.17, 15) is 14.3 Å². The number of carbonyl (C=O) groups is 1. The first-order valence-corrected chi connectivity index (χ1v) is 9.54. The Labute approximate surface area is 149 Å². The first-order valence-electron chi connectivity index (χ1n) is 9.54. The molecule has 2 fully saturated rings. The number of nitrogens with one attached hydrogen (secondary N) is 1. The Bertz CT molecular complexity index is 589. The molecule has 138 valence electrons. The minimum absolute atomic E-state index is 0.143. The van der Waals surface area contributed by atoms with Gasteiger partial charge in [0.05, 0.1) is 0 Å². The van der Waals surface area contributed by atoms with E-state index in [1.807, 2.05) is 11.0 Å². The number of nitrogens with zero attached hydrogens (tertiary/aromatic N) is 1. The molecule has 0 aromatic heterocycles. The molecular formula is C20H29FN2O2. The Hall–Kier alpha value is -1.46. The molecule has 3 rings (SSSR count). The monoisotopic (exact) mass is 348 g/mol. The first-order chi connectivity index (χ1) is 12.1. The smallest absolute Gasteiger partial charge is 0.255 e. The number of hydrogen-bond acceptors (Lipinski definition) is 3. The van der Waals surface area contributed by atoms with Gasteiger partial charge in [0.15, 0.2) is 5.60 Å². The van der Waals surface area contributed by atoms with Gasteiger partial charge in [-0.3, -0.25) is 4.79 Å². The molecule has 1 saturated heterocycles. The van der Waals surface area contributed by atoms with E-state index in [-0.39, 0.29) is 18.3 Å². The minimum atomic E-state index is -1.33. The Morgan fingerprint density at radius 3 is 2.80 bits per heavy atom. The summed E-state index contributed by atoms with van der Waals surface area (Å²) in [7, 11) is 0. The highest BCUT2D eigenvalue weighted by molar-refractivity contribution is 5.86. The van der Waals surface area contributed by atoms with Crippen molar-refractivity contribution in [2.75, 3.05) is 19.6 Å². The number of amides is 1. The van der Waals surface area contributed by atoms with Crippen LogP contribution < -0.4 is 5.32 Å². The molecule has 4 nitrogen and oxygen atoms in total. The van der Waals surface area contributed by atoms with Gasteiger partial charge in [0.2, 0.25) is 0 Å². The summed E-state index contributed by atoms with van der Waals surface area (Å²) in [6, 6.07) is 6.37. The summed E-state index contributed by atoms with van der Waals surface area (Å²) in [4.78, 5) is 14.7. The Balaban J connectivity index is 1.53. The minimum Gasteiger partial charge on any atom is -0.379 e. The van der Waals surface area contributed by atoms with Crippen molar-refractivity contribution in [2.45, 2.75) is 57.1 Å². The summed E-state index contributed by atoms with van der Waals surface area (Å²) in [6.45, 7) is 2.19. The van der Waals surface area contributed by atoms with Crippen LogP contribution in [-0.2, 0) is 11.3 Å². The van der Waals surface area contributed by atoms with Crippen molar-refractivity contribution in [1.82, 2.24) is 10.2 Å². The number of halogens is 1. The molecule has 1 aliphatic heterocycles. The zero-order chi connectivity index (χ0) is 17.7. The lowest BCUT2D eigenvalue weighted by Crippen LogP contribution is -2.58. The molecule has 0 radical (unpaired) electrons. The van der Waals surface area contributed by atoms with Crippen molar-refractivity contribution >= 4 is 5.91 Å². The van der Waals surface area contributed by atoms with Crippen molar-refractivity contribution in [3.05, 3.63) is 35.6 Å². The van der Waals surface area contributed by atoms with Crippen LogP contribution in [0.25, 0.3) is 0 Å². The second-order valence-electron chi connectivity index (χ2n) is 7.62. The maximum Gasteiger partial charge on any atom is 0.255 e. The zero-order valence-corrected chi connectivity index (χ0v) is 14.8. The Morgan fingerprint density at radius 2 is 2.04 bits per heavy atom. The number of rotatable bonds is 6. The lowest BCUT2D eigenvalue weighted by Gasteiger charge is -2.40. The third-order valence-corrected chi connectivity index (χ3v) is 5.54. The van der Waals surface area contributed by atoms with Crippen LogP contribution in [0.3, 0.4) is 0 Å². The van der Waals surface area contributed by atoms with Crippen LogP contribution in [0.2, 0.25) is 0 Å². The van der Waals surface area contributed by atoms with Gasteiger partial charge in [0.25, 0.3) is 5.91 Å². The molecule has 2 N–H and O–H groups in total. The Kier molecular flexibility index (Phi) is 6.07. The summed E-state index contributed by atoms with van der Waals surface area (Å²) in [5, 5.41) is 14.0. The lowest BCUT2D eigenvalue weighted by molar-refractivity contribution is -0.157. The van der Waals surface area contributed by atoms with Gasteiger partial charge >= 0.3 is 0 Å². The van der Waals surface area contributed by atoms with Gasteiger partial charge in [0, 0.05) is 26.2 Å². The highest BCUT2D eigenvalue weighted by Crippen LogP contribution is 2.28. The van der Waals surface area contributed by atoms with Crippen molar-refractivity contribution in [3.8, 4) is 0 Å². The number of hydrogen-bond donors (Lipinski definition) is 2. The van der Waals surface area contributed by atoms with Crippen molar-refractivity contribution in [2.24, 2.45) is 5.92 Å². The zero-order valence-electron chi connectivity index (χ0n) is 14.8. The van der Waals surface area contributed by atoms with E-state index in [1.54, 1.807) is 6.07 Å². The molecule has 5 heteroatoms. The number of likely N-dealkylation sites (tertiary alicyclic amines) is 1. The highest BCUT2D eigenvalue weighted by atomic mass is 19.1. The number of piperidine rings is 1. The predicted octanol–water partition coefficient (Wildman–Crippen LogP) is 2.85. The normalized spacial score (nSPS) is 25.4. The molecule has 1 saturated carbocycles. The summed E-state index contributed by atoms with van der Waals surface area (Å²) in [6.07, 6.45) is 7.52. The average Bonchev–Trinajstić information content (AvgIpc) is 2.60. The highest BCUT2D eigenvalue weighted by Gasteiger charge is 2.42. The van der Waals surface area contributed by atoms with Crippen LogP contribution in [0.15, 0.2) is 24.3 Å². The molecule has 1 heterocycles. The van der Waals surface area contributed by atoms with E-state index in [4.69, 9.17) is 0 Å². The molecule has 25 heavy (non-hydrogen) atoms. The molecule has 1 atom stereocenters. The molecule has 2 aliphatic rings. The van der Waals surface area contributed by atoms with Crippen LogP contribution in [0.5, 0.6) is 0 Å². The Morgan fingerprint density at radius 1 is 1.24 bits per heavy atom. The van der Waals surface area contributed by atoms with E-state index >= 15 is 0 Å². The molecule has 1 aliphatic carbocycles. The van der Waals surface area contributed by atoms with E-state index in [2.05, 4.69) is 5.32 Å². The van der Waals surface area contributed by atoms with Crippen molar-refractivity contribution < 1.29 is 14.3 Å². The molecule has 1 aromatic rings. The number of aliphatic hydroxyl groups is 1. The van der Waals surface area contributed by atoms with Gasteiger partial charge in [-0.1, -0.05) is 31.4 Å². The largest absolute Gasteiger partial charge is 0.379 e. The van der Waals surface area contributed by atoms with Crippen LogP contribution >= 0.6 is 0 Å².